The van der Waals surface area contributed by atoms with Gasteiger partial charge < -0.3 is 4.74 Å². The van der Waals surface area contributed by atoms with E-state index in [1.807, 2.05) is 37.0 Å². The van der Waals surface area contributed by atoms with Crippen molar-refractivity contribution in [1.82, 2.24) is 29.7 Å². The van der Waals surface area contributed by atoms with Gasteiger partial charge in [-0.15, -0.1) is 0 Å². The van der Waals surface area contributed by atoms with Gasteiger partial charge in [-0.3, -0.25) is 4.68 Å². The van der Waals surface area contributed by atoms with Crippen LogP contribution in [-0.4, -0.2) is 42.5 Å². The van der Waals surface area contributed by atoms with E-state index >= 15 is 0 Å². The van der Waals surface area contributed by atoms with Crippen LogP contribution in [0.4, 0.5) is 13.2 Å². The molecule has 2 fully saturated rings. The first-order valence-corrected chi connectivity index (χ1v) is 11.7. The predicted molar refractivity (Wildman–Crippen MR) is 118 cm³/mol. The van der Waals surface area contributed by atoms with Gasteiger partial charge in [-0.2, -0.15) is 18.3 Å². The van der Waals surface area contributed by atoms with Crippen molar-refractivity contribution < 1.29 is 17.9 Å². The number of hydrogen-bond acceptors (Lipinski definition) is 6. The highest BCUT2D eigenvalue weighted by atomic mass is 19.4. The number of ether oxygens (including phenoxy) is 1. The Morgan fingerprint density at radius 2 is 1.79 bits per heavy atom. The Labute approximate surface area is 194 Å². The Hall–Kier alpha value is -2.88. The fourth-order valence-corrected chi connectivity index (χ4v) is 4.70. The average Bonchev–Trinajstić information content (AvgIpc) is 3.49. The van der Waals surface area contributed by atoms with Gasteiger partial charge in [-0.05, 0) is 57.6 Å². The quantitative estimate of drug-likeness (QED) is 0.524. The molecule has 1 aliphatic heterocycles. The highest BCUT2D eigenvalue weighted by Crippen LogP contribution is 2.50. The van der Waals surface area contributed by atoms with Gasteiger partial charge in [0.05, 0.1) is 41.8 Å². The Kier molecular flexibility index (Phi) is 4.98. The van der Waals surface area contributed by atoms with Gasteiger partial charge in [-0.1, -0.05) is 0 Å². The monoisotopic (exact) mass is 470 g/mol. The summed E-state index contributed by atoms with van der Waals surface area (Å²) in [7, 11) is 0. The summed E-state index contributed by atoms with van der Waals surface area (Å²) in [5.41, 5.74) is 4.87. The molecular formula is C24H25F3N6O. The molecule has 0 saturated heterocycles. The number of alkyl halides is 3. The van der Waals surface area contributed by atoms with Gasteiger partial charge in [0.2, 0.25) is 0 Å². The molecular weight excluding hydrogens is 445 g/mol. The number of aromatic nitrogens is 6. The maximum atomic E-state index is 13.2. The average molecular weight is 470 g/mol. The highest BCUT2D eigenvalue weighted by molar-refractivity contribution is 5.76. The molecule has 7 nitrogen and oxygen atoms in total. The second kappa shape index (κ2) is 7.83. The molecule has 2 saturated carbocycles. The fourth-order valence-electron chi connectivity index (χ4n) is 4.70. The maximum Gasteiger partial charge on any atom is 0.391 e. The number of aryl methyl sites for hydroxylation is 2. The first-order chi connectivity index (χ1) is 16.3. The molecule has 4 heterocycles. The number of nitrogens with zero attached hydrogens (tertiary/aromatic N) is 6. The topological polar surface area (TPSA) is 78.6 Å². The molecule has 3 aromatic heterocycles. The van der Waals surface area contributed by atoms with E-state index in [0.29, 0.717) is 41.8 Å². The van der Waals surface area contributed by atoms with Gasteiger partial charge in [0.15, 0.2) is 11.5 Å². The van der Waals surface area contributed by atoms with Gasteiger partial charge in [-0.25, -0.2) is 19.9 Å². The predicted octanol–water partition coefficient (Wildman–Crippen LogP) is 5.17. The summed E-state index contributed by atoms with van der Waals surface area (Å²) in [5, 5.41) is 4.46. The molecule has 0 aromatic carbocycles. The summed E-state index contributed by atoms with van der Waals surface area (Å²) in [6.45, 7) is 4.19. The summed E-state index contributed by atoms with van der Waals surface area (Å²) >= 11 is 0. The first kappa shape index (κ1) is 21.6. The van der Waals surface area contributed by atoms with E-state index < -0.39 is 12.1 Å². The standard InChI is InChI=1S/C24H25F3N6O/c1-12-13(2)30-23-21(29-12)20(15-7-17(8-15)24(25,26)27)31-22(32-23)14-5-6-34-19(9-14)16-10-28-33(11-16)18-3-4-18/h9-11,15,17-19H,3-8H2,1-2H3/t15?,17?,19-/m1/s1. The highest BCUT2D eigenvalue weighted by Gasteiger charge is 2.49. The van der Waals surface area contributed by atoms with E-state index in [1.165, 1.54) is 0 Å². The lowest BCUT2D eigenvalue weighted by molar-refractivity contribution is -0.197. The summed E-state index contributed by atoms with van der Waals surface area (Å²) in [6, 6.07) is 0.487. The molecule has 0 unspecified atom stereocenters. The normalized spacial score (nSPS) is 25.3. The lowest BCUT2D eigenvalue weighted by Gasteiger charge is -2.36. The van der Waals surface area contributed by atoms with E-state index in [0.717, 1.165) is 35.4 Å². The molecule has 10 heteroatoms. The smallest absolute Gasteiger partial charge is 0.369 e. The van der Waals surface area contributed by atoms with Crippen LogP contribution in [0.3, 0.4) is 0 Å². The van der Waals surface area contributed by atoms with Crippen molar-refractivity contribution >= 4 is 16.7 Å². The molecule has 0 spiro atoms. The van der Waals surface area contributed by atoms with E-state index in [2.05, 4.69) is 20.1 Å². The Morgan fingerprint density at radius 1 is 1.03 bits per heavy atom. The van der Waals surface area contributed by atoms with Crippen LogP contribution in [0.2, 0.25) is 0 Å². The number of halogens is 3. The zero-order valence-corrected chi connectivity index (χ0v) is 19.0. The molecule has 0 N–H and O–H groups in total. The van der Waals surface area contributed by atoms with Crippen LogP contribution >= 0.6 is 0 Å². The van der Waals surface area contributed by atoms with E-state index in [4.69, 9.17) is 9.72 Å². The van der Waals surface area contributed by atoms with Crippen molar-refractivity contribution in [2.75, 3.05) is 6.61 Å². The van der Waals surface area contributed by atoms with E-state index in [9.17, 15) is 13.2 Å². The van der Waals surface area contributed by atoms with Gasteiger partial charge in [0, 0.05) is 17.7 Å². The SMILES string of the molecule is Cc1nc2nc(C3=C[C@H](c4cnn(C5CC5)c4)OCC3)nc(C3CC(C(F)(F)F)C3)c2nc1C. The summed E-state index contributed by atoms with van der Waals surface area (Å²) in [4.78, 5) is 18.7. The molecule has 3 aliphatic rings. The fraction of sp³-hybridized carbons (Fsp3) is 0.542. The first-order valence-electron chi connectivity index (χ1n) is 11.7. The summed E-state index contributed by atoms with van der Waals surface area (Å²) in [6.07, 6.45) is 4.38. The minimum absolute atomic E-state index is 0.0226. The number of rotatable bonds is 4. The molecule has 3 aromatic rings. The second-order valence-electron chi connectivity index (χ2n) is 9.62. The van der Waals surface area contributed by atoms with Crippen LogP contribution in [0.25, 0.3) is 16.7 Å². The molecule has 178 valence electrons. The Bertz CT molecular complexity index is 1290. The number of hydrogen-bond donors (Lipinski definition) is 0. The third-order valence-corrected chi connectivity index (χ3v) is 7.14. The van der Waals surface area contributed by atoms with Gasteiger partial charge >= 0.3 is 6.18 Å². The Balaban J connectivity index is 1.37. The van der Waals surface area contributed by atoms with Crippen molar-refractivity contribution in [3.8, 4) is 0 Å². The minimum Gasteiger partial charge on any atom is -0.369 e. The Morgan fingerprint density at radius 3 is 2.53 bits per heavy atom. The van der Waals surface area contributed by atoms with E-state index in [-0.39, 0.29) is 24.9 Å². The van der Waals surface area contributed by atoms with Crippen molar-refractivity contribution in [3.05, 3.63) is 46.9 Å². The van der Waals surface area contributed by atoms with Crippen LogP contribution in [0.1, 0.15) is 78.6 Å². The molecule has 0 bridgehead atoms. The maximum absolute atomic E-state index is 13.2. The lowest BCUT2D eigenvalue weighted by atomic mass is 9.72. The number of fused-ring (bicyclic) bond motifs is 1. The van der Waals surface area contributed by atoms with Crippen LogP contribution in [0.5, 0.6) is 0 Å². The summed E-state index contributed by atoms with van der Waals surface area (Å²) in [5.74, 6) is -1.10. The molecule has 0 amide bonds. The third kappa shape index (κ3) is 3.87. The third-order valence-electron chi connectivity index (χ3n) is 7.14. The van der Waals surface area contributed by atoms with Crippen LogP contribution in [-0.2, 0) is 4.74 Å². The minimum atomic E-state index is -4.18. The zero-order chi connectivity index (χ0) is 23.6. The summed E-state index contributed by atoms with van der Waals surface area (Å²) < 4.78 is 47.4. The molecule has 0 radical (unpaired) electrons. The molecule has 2 aliphatic carbocycles. The van der Waals surface area contributed by atoms with Gasteiger partial charge in [0.1, 0.15) is 11.6 Å². The zero-order valence-electron chi connectivity index (χ0n) is 19.0. The van der Waals surface area contributed by atoms with Crippen molar-refractivity contribution in [3.63, 3.8) is 0 Å². The second-order valence-corrected chi connectivity index (χ2v) is 9.62. The van der Waals surface area contributed by atoms with Crippen molar-refractivity contribution in [1.29, 1.82) is 0 Å². The van der Waals surface area contributed by atoms with Crippen molar-refractivity contribution in [2.24, 2.45) is 5.92 Å². The largest absolute Gasteiger partial charge is 0.391 e. The molecule has 1 atom stereocenters. The lowest BCUT2D eigenvalue weighted by Crippen LogP contribution is -2.35. The van der Waals surface area contributed by atoms with E-state index in [1.54, 1.807) is 0 Å². The van der Waals surface area contributed by atoms with Crippen LogP contribution in [0, 0.1) is 19.8 Å². The van der Waals surface area contributed by atoms with Crippen molar-refractivity contribution in [2.45, 2.75) is 70.2 Å². The van der Waals surface area contributed by atoms with Crippen LogP contribution in [0.15, 0.2) is 18.5 Å². The molecule has 34 heavy (non-hydrogen) atoms. The van der Waals surface area contributed by atoms with Crippen LogP contribution < -0.4 is 0 Å². The van der Waals surface area contributed by atoms with Gasteiger partial charge in [0.25, 0.3) is 0 Å². The molecule has 6 rings (SSSR count).